The maximum Gasteiger partial charge on any atom is 0.160 e. The molecule has 0 bridgehead atoms. The smallest absolute Gasteiger partial charge is 0.160 e. The van der Waals surface area contributed by atoms with Crippen LogP contribution >= 0.6 is 0 Å². The normalized spacial score (nSPS) is 11.5. The molecule has 0 amide bonds. The number of furan rings is 1. The zero-order valence-electron chi connectivity index (χ0n) is 37.4. The minimum absolute atomic E-state index is 0.669. The standard InChI is InChI=1S/C65H41N3O/c1-5-17-42(18-6-1)45-29-35-48(36-30-45)64-55-40-60-63(54-26-14-16-28-59(54)69-60)61(62(55)53-25-13-15-27-56(53)66-64)47-33-31-46(32-34-47)57-41-58(68-65(67-57)49-23-11-4-12-24-49)52-38-50(43-19-7-2-8-20-43)37-51(39-52)44-21-9-3-10-22-44/h1-41H. The number of hydrogen-bond acceptors (Lipinski definition) is 4. The fourth-order valence-electron chi connectivity index (χ4n) is 9.91. The van der Waals surface area contributed by atoms with Crippen molar-refractivity contribution < 1.29 is 4.42 Å². The largest absolute Gasteiger partial charge is 0.456 e. The summed E-state index contributed by atoms with van der Waals surface area (Å²) in [5, 5.41) is 5.41. The highest BCUT2D eigenvalue weighted by molar-refractivity contribution is 6.27. The zero-order chi connectivity index (χ0) is 45.7. The van der Waals surface area contributed by atoms with E-state index in [9.17, 15) is 0 Å². The first kappa shape index (κ1) is 40.1. The second-order valence-electron chi connectivity index (χ2n) is 17.5. The first-order valence-corrected chi connectivity index (χ1v) is 23.3. The van der Waals surface area contributed by atoms with Crippen molar-refractivity contribution in [1.29, 1.82) is 0 Å². The Kier molecular flexibility index (Phi) is 9.80. The van der Waals surface area contributed by atoms with Crippen LogP contribution in [0.3, 0.4) is 0 Å². The van der Waals surface area contributed by atoms with Gasteiger partial charge < -0.3 is 4.42 Å². The van der Waals surface area contributed by atoms with E-state index in [0.717, 1.165) is 122 Å². The molecule has 0 fully saturated rings. The lowest BCUT2D eigenvalue weighted by Gasteiger charge is -2.16. The van der Waals surface area contributed by atoms with Crippen LogP contribution in [0.25, 0.3) is 133 Å². The molecule has 0 spiro atoms. The molecule has 0 atom stereocenters. The summed E-state index contributed by atoms with van der Waals surface area (Å²) in [6.45, 7) is 0. The molecule has 0 saturated carbocycles. The van der Waals surface area contributed by atoms with Gasteiger partial charge in [0.15, 0.2) is 5.82 Å². The second-order valence-corrected chi connectivity index (χ2v) is 17.5. The summed E-state index contributed by atoms with van der Waals surface area (Å²) in [5.41, 5.74) is 18.3. The summed E-state index contributed by atoms with van der Waals surface area (Å²) in [6, 6.07) is 87.5. The molecule has 0 aliphatic heterocycles. The summed E-state index contributed by atoms with van der Waals surface area (Å²) in [6.07, 6.45) is 0. The van der Waals surface area contributed by atoms with Crippen LogP contribution in [0.1, 0.15) is 0 Å². The Morgan fingerprint density at radius 1 is 0.261 bits per heavy atom. The van der Waals surface area contributed by atoms with Gasteiger partial charge in [-0.2, -0.15) is 0 Å². The van der Waals surface area contributed by atoms with Crippen molar-refractivity contribution in [2.75, 3.05) is 0 Å². The molecule has 0 aliphatic rings. The fourth-order valence-corrected chi connectivity index (χ4v) is 9.91. The van der Waals surface area contributed by atoms with Crippen LogP contribution in [-0.4, -0.2) is 15.0 Å². The zero-order valence-corrected chi connectivity index (χ0v) is 37.4. The molecule has 4 heteroatoms. The summed E-state index contributed by atoms with van der Waals surface area (Å²) < 4.78 is 6.73. The van der Waals surface area contributed by atoms with Gasteiger partial charge in [-0.3, -0.25) is 0 Å². The minimum Gasteiger partial charge on any atom is -0.456 e. The molecular formula is C65H41N3O. The number of aromatic nitrogens is 3. The van der Waals surface area contributed by atoms with E-state index < -0.39 is 0 Å². The Morgan fingerprint density at radius 2 is 0.725 bits per heavy atom. The summed E-state index contributed by atoms with van der Waals surface area (Å²) in [5.74, 6) is 0.669. The summed E-state index contributed by atoms with van der Waals surface area (Å²) >= 11 is 0. The van der Waals surface area contributed by atoms with Gasteiger partial charge in [0.05, 0.1) is 22.6 Å². The third-order valence-electron chi connectivity index (χ3n) is 13.3. The number of hydrogen-bond donors (Lipinski definition) is 0. The molecule has 322 valence electrons. The molecule has 13 aromatic rings. The molecule has 3 aromatic heterocycles. The van der Waals surface area contributed by atoms with E-state index in [-0.39, 0.29) is 0 Å². The average Bonchev–Trinajstić information content (AvgIpc) is 3.81. The van der Waals surface area contributed by atoms with Gasteiger partial charge in [0.25, 0.3) is 0 Å². The lowest BCUT2D eigenvalue weighted by atomic mass is 9.89. The monoisotopic (exact) mass is 879 g/mol. The van der Waals surface area contributed by atoms with E-state index in [0.29, 0.717) is 5.82 Å². The van der Waals surface area contributed by atoms with Gasteiger partial charge >= 0.3 is 0 Å². The number of para-hydroxylation sites is 2. The van der Waals surface area contributed by atoms with Crippen LogP contribution in [-0.2, 0) is 0 Å². The predicted molar refractivity (Wildman–Crippen MR) is 286 cm³/mol. The highest BCUT2D eigenvalue weighted by atomic mass is 16.3. The van der Waals surface area contributed by atoms with Gasteiger partial charge in [-0.05, 0) is 81.4 Å². The predicted octanol–water partition coefficient (Wildman–Crippen LogP) is 17.4. The van der Waals surface area contributed by atoms with Crippen molar-refractivity contribution in [3.05, 3.63) is 249 Å². The molecule has 4 nitrogen and oxygen atoms in total. The van der Waals surface area contributed by atoms with E-state index >= 15 is 0 Å². The topological polar surface area (TPSA) is 51.8 Å². The molecule has 0 saturated heterocycles. The van der Waals surface area contributed by atoms with Crippen LogP contribution in [0, 0.1) is 0 Å². The highest BCUT2D eigenvalue weighted by Gasteiger charge is 2.22. The number of benzene rings is 10. The van der Waals surface area contributed by atoms with Crippen LogP contribution in [0.2, 0.25) is 0 Å². The van der Waals surface area contributed by atoms with Gasteiger partial charge in [-0.25, -0.2) is 15.0 Å². The van der Waals surface area contributed by atoms with Gasteiger partial charge in [-0.1, -0.05) is 206 Å². The van der Waals surface area contributed by atoms with E-state index in [2.05, 4.69) is 224 Å². The first-order valence-electron chi connectivity index (χ1n) is 23.3. The van der Waals surface area contributed by atoms with Crippen LogP contribution < -0.4 is 0 Å². The Morgan fingerprint density at radius 3 is 1.36 bits per heavy atom. The molecule has 13 rings (SSSR count). The van der Waals surface area contributed by atoms with Crippen molar-refractivity contribution in [2.24, 2.45) is 0 Å². The molecule has 0 unspecified atom stereocenters. The number of fused-ring (bicyclic) bond motifs is 6. The maximum atomic E-state index is 6.73. The molecule has 3 heterocycles. The summed E-state index contributed by atoms with van der Waals surface area (Å²) in [7, 11) is 0. The van der Waals surface area contributed by atoms with Crippen molar-refractivity contribution in [3.63, 3.8) is 0 Å². The Balaban J connectivity index is 1.00. The number of nitrogens with zero attached hydrogens (tertiary/aromatic N) is 3. The summed E-state index contributed by atoms with van der Waals surface area (Å²) in [4.78, 5) is 15.9. The lowest BCUT2D eigenvalue weighted by Crippen LogP contribution is -1.97. The Bertz CT molecular complexity index is 3960. The van der Waals surface area contributed by atoms with Crippen LogP contribution in [0.4, 0.5) is 0 Å². The second kappa shape index (κ2) is 16.9. The fraction of sp³-hybridized carbons (Fsp3) is 0. The highest BCUT2D eigenvalue weighted by Crippen LogP contribution is 2.47. The quantitative estimate of drug-likeness (QED) is 0.143. The van der Waals surface area contributed by atoms with E-state index in [4.69, 9.17) is 19.4 Å². The average molecular weight is 880 g/mol. The number of rotatable bonds is 8. The SMILES string of the molecule is c1ccc(-c2ccc(-c3nc4ccccc4c4c(-c5ccc(-c6cc(-c7cc(-c8ccccc8)cc(-c8ccccc8)c7)nc(-c7ccccc7)n6)cc5)c5c(cc34)oc3ccccc35)cc2)cc1. The third kappa shape index (κ3) is 7.32. The lowest BCUT2D eigenvalue weighted by molar-refractivity contribution is 0.669. The van der Waals surface area contributed by atoms with Crippen LogP contribution in [0.5, 0.6) is 0 Å². The van der Waals surface area contributed by atoms with Gasteiger partial charge in [0.1, 0.15) is 11.2 Å². The maximum absolute atomic E-state index is 6.73. The van der Waals surface area contributed by atoms with E-state index in [1.165, 1.54) is 5.56 Å². The van der Waals surface area contributed by atoms with Gasteiger partial charge in [-0.15, -0.1) is 0 Å². The molecule has 10 aromatic carbocycles. The van der Waals surface area contributed by atoms with E-state index in [1.54, 1.807) is 0 Å². The van der Waals surface area contributed by atoms with Crippen molar-refractivity contribution in [2.45, 2.75) is 0 Å². The van der Waals surface area contributed by atoms with Gasteiger partial charge in [0.2, 0.25) is 0 Å². The molecule has 0 radical (unpaired) electrons. The Labute approximate surface area is 399 Å². The van der Waals surface area contributed by atoms with Gasteiger partial charge in [0, 0.05) is 54.7 Å². The van der Waals surface area contributed by atoms with Crippen molar-refractivity contribution >= 4 is 43.6 Å². The minimum atomic E-state index is 0.669. The van der Waals surface area contributed by atoms with Crippen molar-refractivity contribution in [3.8, 4) is 89.7 Å². The van der Waals surface area contributed by atoms with Crippen molar-refractivity contribution in [1.82, 2.24) is 15.0 Å². The first-order chi connectivity index (χ1) is 34.2. The Hall–Kier alpha value is -9.25. The third-order valence-corrected chi connectivity index (χ3v) is 13.3. The number of pyridine rings is 1. The molecule has 69 heavy (non-hydrogen) atoms. The van der Waals surface area contributed by atoms with Crippen LogP contribution in [0.15, 0.2) is 253 Å². The van der Waals surface area contributed by atoms with E-state index in [1.807, 2.05) is 24.3 Å². The molecular weight excluding hydrogens is 839 g/mol. The molecule has 0 N–H and O–H groups in total. The molecule has 0 aliphatic carbocycles.